The van der Waals surface area contributed by atoms with Crippen molar-refractivity contribution < 1.29 is 13.5 Å². The predicted octanol–water partition coefficient (Wildman–Crippen LogP) is -2.18. The minimum atomic E-state index is -3.95. The summed E-state index contributed by atoms with van der Waals surface area (Å²) in [5, 5.41) is 22.7. The second-order valence-electron chi connectivity index (χ2n) is 3.89. The van der Waals surface area contributed by atoms with Crippen molar-refractivity contribution >= 4 is 25.3 Å². The lowest BCUT2D eigenvalue weighted by Gasteiger charge is -2.17. The summed E-state index contributed by atoms with van der Waals surface area (Å²) < 4.78 is 21.5. The summed E-state index contributed by atoms with van der Waals surface area (Å²) in [7, 11) is -3.35. The van der Waals surface area contributed by atoms with E-state index in [-0.39, 0.29) is 5.57 Å². The molecule has 88 valence electrons. The molecule has 0 aromatic rings. The lowest BCUT2D eigenvalue weighted by atomic mass is 10.3. The predicted molar refractivity (Wildman–Crippen MR) is 63.2 cm³/mol. The molecule has 0 aromatic carbocycles. The first kappa shape index (κ1) is 14.3. The molecule has 0 spiro atoms. The van der Waals surface area contributed by atoms with Crippen LogP contribution in [0.1, 0.15) is 13.8 Å². The molecule has 0 bridgehead atoms. The molecule has 0 aliphatic heterocycles. The molecule has 0 aliphatic rings. The standard InChI is InChI=1S/C7H17N3O3SSi/c1-5(6(8)14(9,12)13)3-10-4-7(2,11)15/h3,8,10-11H,4H2,1-2,15H3,(H2,9,12,13)/b5-3-,8-6?. The number of primary sulfonamides is 1. The maximum atomic E-state index is 10.8. The second-order valence-corrected chi connectivity index (χ2v) is 7.55. The third-order valence-corrected chi connectivity index (χ3v) is 2.74. The van der Waals surface area contributed by atoms with E-state index in [2.05, 4.69) is 5.32 Å². The van der Waals surface area contributed by atoms with E-state index < -0.39 is 20.3 Å². The van der Waals surface area contributed by atoms with Gasteiger partial charge in [0.2, 0.25) is 0 Å². The normalized spacial score (nSPS) is 17.2. The summed E-state index contributed by atoms with van der Waals surface area (Å²) in [6.07, 6.45) is 1.36. The molecule has 0 radical (unpaired) electrons. The van der Waals surface area contributed by atoms with Gasteiger partial charge in [0.05, 0.1) is 5.22 Å². The minimum absolute atomic E-state index is 0.211. The molecule has 8 heteroatoms. The van der Waals surface area contributed by atoms with Crippen molar-refractivity contribution in [2.75, 3.05) is 6.54 Å². The monoisotopic (exact) mass is 251 g/mol. The van der Waals surface area contributed by atoms with Gasteiger partial charge in [-0.05, 0) is 13.8 Å². The average Bonchev–Trinajstić information content (AvgIpc) is 1.98. The number of nitrogens with two attached hydrogens (primary N) is 1. The highest BCUT2D eigenvalue weighted by molar-refractivity contribution is 8.04. The fraction of sp³-hybridized carbons (Fsp3) is 0.571. The molecule has 0 fully saturated rings. The highest BCUT2D eigenvalue weighted by Gasteiger charge is 2.14. The van der Waals surface area contributed by atoms with Crippen LogP contribution in [-0.4, -0.2) is 40.6 Å². The van der Waals surface area contributed by atoms with Gasteiger partial charge in [-0.1, -0.05) is 0 Å². The Labute approximate surface area is 92.5 Å². The van der Waals surface area contributed by atoms with E-state index >= 15 is 0 Å². The van der Waals surface area contributed by atoms with Crippen molar-refractivity contribution in [3.05, 3.63) is 11.8 Å². The Bertz CT molecular complexity index is 369. The van der Waals surface area contributed by atoms with E-state index in [0.29, 0.717) is 16.8 Å². The molecule has 0 saturated carbocycles. The Hall–Kier alpha value is -0.703. The largest absolute Gasteiger partial charge is 0.393 e. The number of hydrogen-bond acceptors (Lipinski definition) is 5. The summed E-state index contributed by atoms with van der Waals surface area (Å²) in [5.41, 5.74) is 0.211. The van der Waals surface area contributed by atoms with Gasteiger partial charge >= 0.3 is 0 Å². The molecule has 1 atom stereocenters. The topological polar surface area (TPSA) is 116 Å². The van der Waals surface area contributed by atoms with Gasteiger partial charge in [0.15, 0.2) is 5.04 Å². The first-order valence-corrected chi connectivity index (χ1v) is 6.83. The fourth-order valence-electron chi connectivity index (χ4n) is 0.744. The molecule has 0 aliphatic carbocycles. The number of sulfonamides is 1. The highest BCUT2D eigenvalue weighted by atomic mass is 32.2. The summed E-state index contributed by atoms with van der Waals surface area (Å²) in [6, 6.07) is 0. The van der Waals surface area contributed by atoms with E-state index in [1.807, 2.05) is 0 Å². The van der Waals surface area contributed by atoms with E-state index in [9.17, 15) is 13.5 Å². The van der Waals surface area contributed by atoms with Crippen LogP contribution in [0.3, 0.4) is 0 Å². The Morgan fingerprint density at radius 2 is 2.20 bits per heavy atom. The molecule has 6 nitrogen and oxygen atoms in total. The molecule has 5 N–H and O–H groups in total. The SMILES string of the molecule is C/C(=C/NCC(C)(O)[SiH3])C(=N)S(N)(=O)=O. The van der Waals surface area contributed by atoms with Crippen molar-refractivity contribution in [2.45, 2.75) is 19.1 Å². The van der Waals surface area contributed by atoms with Crippen LogP contribution in [0, 0.1) is 5.41 Å². The Morgan fingerprint density at radius 3 is 2.53 bits per heavy atom. The molecule has 0 rings (SSSR count). The molecule has 0 saturated heterocycles. The van der Waals surface area contributed by atoms with Crippen molar-refractivity contribution in [3.8, 4) is 0 Å². The molecular formula is C7H17N3O3SSi. The molecular weight excluding hydrogens is 234 g/mol. The average molecular weight is 251 g/mol. The third kappa shape index (κ3) is 6.39. The smallest absolute Gasteiger partial charge is 0.255 e. The van der Waals surface area contributed by atoms with Crippen LogP contribution < -0.4 is 10.5 Å². The lowest BCUT2D eigenvalue weighted by Crippen LogP contribution is -2.36. The van der Waals surface area contributed by atoms with Gasteiger partial charge in [0.25, 0.3) is 10.0 Å². The van der Waals surface area contributed by atoms with Crippen LogP contribution in [0.25, 0.3) is 0 Å². The zero-order chi connectivity index (χ0) is 12.3. The molecule has 0 aromatic heterocycles. The van der Waals surface area contributed by atoms with Crippen LogP contribution in [-0.2, 0) is 10.0 Å². The van der Waals surface area contributed by atoms with Gasteiger partial charge in [-0.25, -0.2) is 13.6 Å². The van der Waals surface area contributed by atoms with Gasteiger partial charge in [0.1, 0.15) is 0 Å². The fourth-order valence-corrected chi connectivity index (χ4v) is 1.46. The molecule has 15 heavy (non-hydrogen) atoms. The van der Waals surface area contributed by atoms with E-state index in [1.165, 1.54) is 13.1 Å². The Balaban J connectivity index is 4.42. The maximum absolute atomic E-state index is 10.8. The number of rotatable bonds is 4. The van der Waals surface area contributed by atoms with E-state index in [1.54, 1.807) is 6.92 Å². The highest BCUT2D eigenvalue weighted by Crippen LogP contribution is 1.99. The summed E-state index contributed by atoms with van der Waals surface area (Å²) in [4.78, 5) is 0. The maximum Gasteiger partial charge on any atom is 0.255 e. The van der Waals surface area contributed by atoms with Crippen molar-refractivity contribution in [1.29, 1.82) is 5.41 Å². The van der Waals surface area contributed by atoms with Gasteiger partial charge in [-0.3, -0.25) is 5.41 Å². The minimum Gasteiger partial charge on any atom is -0.393 e. The van der Waals surface area contributed by atoms with Gasteiger partial charge < -0.3 is 10.4 Å². The third-order valence-electron chi connectivity index (χ3n) is 1.50. The lowest BCUT2D eigenvalue weighted by molar-refractivity contribution is 0.150. The van der Waals surface area contributed by atoms with Crippen molar-refractivity contribution in [1.82, 2.24) is 5.32 Å². The first-order valence-electron chi connectivity index (χ1n) is 4.28. The van der Waals surface area contributed by atoms with Crippen LogP contribution >= 0.6 is 0 Å². The number of hydrogen-bond donors (Lipinski definition) is 4. The molecule has 0 amide bonds. The van der Waals surface area contributed by atoms with Crippen LogP contribution in [0.15, 0.2) is 11.8 Å². The first-order chi connectivity index (χ1) is 6.54. The summed E-state index contributed by atoms with van der Waals surface area (Å²) in [6.45, 7) is 3.44. The number of aliphatic hydroxyl groups is 1. The van der Waals surface area contributed by atoms with E-state index in [4.69, 9.17) is 10.5 Å². The van der Waals surface area contributed by atoms with Crippen molar-refractivity contribution in [2.24, 2.45) is 5.14 Å². The van der Waals surface area contributed by atoms with Gasteiger partial charge in [-0.15, -0.1) is 0 Å². The summed E-state index contributed by atoms with van der Waals surface area (Å²) >= 11 is 0. The van der Waals surface area contributed by atoms with Crippen LogP contribution in [0.2, 0.25) is 0 Å². The summed E-state index contributed by atoms with van der Waals surface area (Å²) in [5.74, 6) is 0. The van der Waals surface area contributed by atoms with Gasteiger partial charge in [0, 0.05) is 28.6 Å². The van der Waals surface area contributed by atoms with Crippen LogP contribution in [0.4, 0.5) is 0 Å². The molecule has 0 heterocycles. The van der Waals surface area contributed by atoms with Gasteiger partial charge in [-0.2, -0.15) is 0 Å². The Morgan fingerprint density at radius 1 is 1.73 bits per heavy atom. The zero-order valence-electron chi connectivity index (χ0n) is 9.03. The quantitative estimate of drug-likeness (QED) is 0.258. The van der Waals surface area contributed by atoms with Crippen LogP contribution in [0.5, 0.6) is 0 Å². The zero-order valence-corrected chi connectivity index (χ0v) is 11.9. The second kappa shape index (κ2) is 4.88. The van der Waals surface area contributed by atoms with Crippen molar-refractivity contribution in [3.63, 3.8) is 0 Å². The van der Waals surface area contributed by atoms with E-state index in [0.717, 1.165) is 0 Å². The Kier molecular flexibility index (Phi) is 4.65. The molecule has 1 unspecified atom stereocenters. The number of nitrogens with one attached hydrogen (secondary N) is 2.